The number of benzene rings is 2. The molecule has 3 N–H and O–H groups in total. The van der Waals surface area contributed by atoms with E-state index < -0.39 is 10.0 Å². The summed E-state index contributed by atoms with van der Waals surface area (Å²) in [4.78, 5) is 12.0. The average Bonchev–Trinajstić information content (AvgIpc) is 2.54. The third-order valence-corrected chi connectivity index (χ3v) is 5.14. The minimum absolute atomic E-state index is 0.0139. The van der Waals surface area contributed by atoms with Crippen LogP contribution >= 0.6 is 23.2 Å². The number of primary sulfonamides is 1. The molecule has 2 rings (SSSR count). The predicted octanol–water partition coefficient (Wildman–Crippen LogP) is 2.89. The Bertz CT molecular complexity index is 854. The number of hydrogen-bond acceptors (Lipinski definition) is 3. The summed E-state index contributed by atoms with van der Waals surface area (Å²) >= 11 is 12.0. The summed E-state index contributed by atoms with van der Waals surface area (Å²) in [6.45, 7) is 0.214. The molecule has 0 spiro atoms. The van der Waals surface area contributed by atoms with Crippen LogP contribution < -0.4 is 10.5 Å². The normalized spacial score (nSPS) is 11.3. The van der Waals surface area contributed by atoms with Crippen molar-refractivity contribution in [2.45, 2.75) is 24.3 Å². The number of carbonyl (C=O) groups is 1. The minimum atomic E-state index is -3.76. The highest BCUT2D eigenvalue weighted by Gasteiger charge is 2.10. The molecular formula is C16H16Cl2N2O3S. The van der Waals surface area contributed by atoms with Crippen molar-refractivity contribution in [1.29, 1.82) is 0 Å². The first kappa shape index (κ1) is 18.7. The molecular weight excluding hydrogens is 371 g/mol. The highest BCUT2D eigenvalue weighted by molar-refractivity contribution is 7.89. The Hall–Kier alpha value is -1.60. The van der Waals surface area contributed by atoms with Crippen molar-refractivity contribution in [2.24, 2.45) is 5.14 Å². The number of nitrogens with two attached hydrogens (primary N) is 1. The third-order valence-electron chi connectivity index (χ3n) is 3.37. The molecule has 0 radical (unpaired) electrons. The molecule has 0 fully saturated rings. The van der Waals surface area contributed by atoms with Gasteiger partial charge in [-0.05, 0) is 35.7 Å². The van der Waals surface area contributed by atoms with Gasteiger partial charge in [0.25, 0.3) is 0 Å². The van der Waals surface area contributed by atoms with Crippen LogP contribution in [0, 0.1) is 0 Å². The highest BCUT2D eigenvalue weighted by Crippen LogP contribution is 2.26. The van der Waals surface area contributed by atoms with Crippen LogP contribution in [-0.2, 0) is 27.8 Å². The summed E-state index contributed by atoms with van der Waals surface area (Å²) in [5.74, 6) is -0.174. The van der Waals surface area contributed by atoms with Crippen molar-refractivity contribution in [3.8, 4) is 0 Å². The van der Waals surface area contributed by atoms with Gasteiger partial charge in [-0.2, -0.15) is 0 Å². The van der Waals surface area contributed by atoms with Crippen molar-refractivity contribution in [3.63, 3.8) is 0 Å². The molecule has 0 aromatic heterocycles. The van der Waals surface area contributed by atoms with Gasteiger partial charge >= 0.3 is 0 Å². The van der Waals surface area contributed by atoms with Gasteiger partial charge in [-0.15, -0.1) is 0 Å². The number of sulfonamides is 1. The number of halogens is 2. The van der Waals surface area contributed by atoms with Gasteiger partial charge in [0, 0.05) is 13.0 Å². The zero-order valence-corrected chi connectivity index (χ0v) is 15.0. The lowest BCUT2D eigenvalue weighted by Crippen LogP contribution is -2.23. The molecule has 24 heavy (non-hydrogen) atoms. The van der Waals surface area contributed by atoms with E-state index in [0.29, 0.717) is 22.0 Å². The summed E-state index contributed by atoms with van der Waals surface area (Å²) in [5, 5.41) is 8.72. The van der Waals surface area contributed by atoms with E-state index in [1.54, 1.807) is 24.3 Å². The SMILES string of the molecule is NS(=O)(=O)c1cccc(CNC(=O)CCc2cccc(Cl)c2Cl)c1. The first-order valence-corrected chi connectivity index (χ1v) is 9.39. The Morgan fingerprint density at radius 1 is 1.12 bits per heavy atom. The summed E-state index contributed by atoms with van der Waals surface area (Å²) < 4.78 is 22.6. The van der Waals surface area contributed by atoms with Crippen LogP contribution in [-0.4, -0.2) is 14.3 Å². The molecule has 0 saturated heterocycles. The summed E-state index contributed by atoms with van der Waals surface area (Å²) in [5.41, 5.74) is 1.45. The van der Waals surface area contributed by atoms with Crippen LogP contribution in [0.5, 0.6) is 0 Å². The summed E-state index contributed by atoms with van der Waals surface area (Å²) in [7, 11) is -3.76. The van der Waals surface area contributed by atoms with Gasteiger partial charge in [0.15, 0.2) is 0 Å². The molecule has 0 aliphatic carbocycles. The van der Waals surface area contributed by atoms with Crippen LogP contribution in [0.3, 0.4) is 0 Å². The Morgan fingerprint density at radius 3 is 2.54 bits per heavy atom. The monoisotopic (exact) mass is 386 g/mol. The standard InChI is InChI=1S/C16H16Cl2N2O3S/c17-14-6-2-4-12(16(14)18)7-8-15(21)20-10-11-3-1-5-13(9-11)24(19,22)23/h1-6,9H,7-8,10H2,(H,20,21)(H2,19,22,23). The average molecular weight is 387 g/mol. The van der Waals surface area contributed by atoms with E-state index in [0.717, 1.165) is 5.56 Å². The van der Waals surface area contributed by atoms with Crippen LogP contribution in [0.2, 0.25) is 10.0 Å². The zero-order valence-electron chi connectivity index (χ0n) is 12.6. The molecule has 0 atom stereocenters. The van der Waals surface area contributed by atoms with Crippen LogP contribution in [0.1, 0.15) is 17.5 Å². The topological polar surface area (TPSA) is 89.3 Å². The minimum Gasteiger partial charge on any atom is -0.352 e. The van der Waals surface area contributed by atoms with E-state index in [2.05, 4.69) is 5.32 Å². The molecule has 1 amide bonds. The first-order chi connectivity index (χ1) is 11.3. The fourth-order valence-electron chi connectivity index (χ4n) is 2.11. The second kappa shape index (κ2) is 7.98. The van der Waals surface area contributed by atoms with Crippen molar-refractivity contribution in [3.05, 3.63) is 63.6 Å². The van der Waals surface area contributed by atoms with Crippen LogP contribution in [0.25, 0.3) is 0 Å². The smallest absolute Gasteiger partial charge is 0.238 e. The molecule has 8 heteroatoms. The predicted molar refractivity (Wildman–Crippen MR) is 94.4 cm³/mol. The zero-order chi connectivity index (χ0) is 17.7. The van der Waals surface area contributed by atoms with E-state index in [4.69, 9.17) is 28.3 Å². The fourth-order valence-corrected chi connectivity index (χ4v) is 3.11. The van der Waals surface area contributed by atoms with Gasteiger partial charge in [0.2, 0.25) is 15.9 Å². The first-order valence-electron chi connectivity index (χ1n) is 7.08. The Labute approximate surface area is 150 Å². The second-order valence-corrected chi connectivity index (χ2v) is 7.53. The Balaban J connectivity index is 1.91. The van der Waals surface area contributed by atoms with Gasteiger partial charge in [-0.3, -0.25) is 4.79 Å². The maximum Gasteiger partial charge on any atom is 0.238 e. The van der Waals surface area contributed by atoms with Crippen LogP contribution in [0.4, 0.5) is 0 Å². The number of amides is 1. The van der Waals surface area contributed by atoms with E-state index in [1.165, 1.54) is 12.1 Å². The van der Waals surface area contributed by atoms with E-state index in [1.807, 2.05) is 6.07 Å². The Kier molecular flexibility index (Phi) is 6.23. The number of rotatable bonds is 6. The number of aryl methyl sites for hydroxylation is 1. The quantitative estimate of drug-likeness (QED) is 0.799. The molecule has 0 unspecified atom stereocenters. The van der Waals surface area contributed by atoms with Gasteiger partial charge in [0.05, 0.1) is 14.9 Å². The number of carbonyl (C=O) groups excluding carboxylic acids is 1. The molecule has 0 aliphatic heterocycles. The van der Waals surface area contributed by atoms with Crippen molar-refractivity contribution >= 4 is 39.1 Å². The summed E-state index contributed by atoms with van der Waals surface area (Å²) in [6.07, 6.45) is 0.706. The third kappa shape index (κ3) is 5.21. The molecule has 0 heterocycles. The van der Waals surface area contributed by atoms with Gasteiger partial charge in [-0.1, -0.05) is 47.5 Å². The molecule has 2 aromatic carbocycles. The molecule has 128 valence electrons. The second-order valence-electron chi connectivity index (χ2n) is 5.18. The largest absolute Gasteiger partial charge is 0.352 e. The van der Waals surface area contributed by atoms with Gasteiger partial charge in [0.1, 0.15) is 0 Å². The molecule has 0 aliphatic rings. The van der Waals surface area contributed by atoms with Crippen molar-refractivity contribution in [2.75, 3.05) is 0 Å². The lowest BCUT2D eigenvalue weighted by atomic mass is 10.1. The Morgan fingerprint density at radius 2 is 1.83 bits per heavy atom. The van der Waals surface area contributed by atoms with Crippen LogP contribution in [0.15, 0.2) is 47.4 Å². The maximum atomic E-state index is 11.9. The van der Waals surface area contributed by atoms with Gasteiger partial charge < -0.3 is 5.32 Å². The van der Waals surface area contributed by atoms with E-state index in [-0.39, 0.29) is 23.8 Å². The highest BCUT2D eigenvalue weighted by atomic mass is 35.5. The molecule has 2 aromatic rings. The van der Waals surface area contributed by atoms with Gasteiger partial charge in [-0.25, -0.2) is 13.6 Å². The maximum absolute atomic E-state index is 11.9. The molecule has 0 saturated carbocycles. The molecule has 5 nitrogen and oxygen atoms in total. The lowest BCUT2D eigenvalue weighted by molar-refractivity contribution is -0.121. The lowest BCUT2D eigenvalue weighted by Gasteiger charge is -2.08. The number of nitrogens with one attached hydrogen (secondary N) is 1. The summed E-state index contributed by atoms with van der Waals surface area (Å²) in [6, 6.07) is 11.4. The van der Waals surface area contributed by atoms with E-state index >= 15 is 0 Å². The van der Waals surface area contributed by atoms with Crippen molar-refractivity contribution in [1.82, 2.24) is 5.32 Å². The molecule has 0 bridgehead atoms. The fraction of sp³-hybridized carbons (Fsp3) is 0.188. The number of hydrogen-bond donors (Lipinski definition) is 2. The van der Waals surface area contributed by atoms with E-state index in [9.17, 15) is 13.2 Å². The van der Waals surface area contributed by atoms with Crippen molar-refractivity contribution < 1.29 is 13.2 Å².